The Morgan fingerprint density at radius 2 is 1.50 bits per heavy atom. The van der Waals surface area contributed by atoms with Gasteiger partial charge in [-0.3, -0.25) is 0 Å². The molecule has 0 saturated carbocycles. The van der Waals surface area contributed by atoms with E-state index in [9.17, 15) is 0 Å². The van der Waals surface area contributed by atoms with Crippen LogP contribution in [0.25, 0.3) is 11.3 Å². The number of hydrogen-bond donors (Lipinski definition) is 2. The fourth-order valence-corrected chi connectivity index (χ4v) is 92.5. The second kappa shape index (κ2) is 1.21. The van der Waals surface area contributed by atoms with Gasteiger partial charge in [-0.1, -0.05) is 0 Å². The van der Waals surface area contributed by atoms with Crippen LogP contribution < -0.4 is 11.5 Å². The van der Waals surface area contributed by atoms with Crippen LogP contribution in [-0.2, 0) is 17.4 Å². The summed E-state index contributed by atoms with van der Waals surface area (Å²) in [5.74, 6) is 0.497. The molecule has 0 bridgehead atoms. The normalized spacial score (nSPS) is 81.8. The molecule has 10 saturated heterocycles. The van der Waals surface area contributed by atoms with Crippen molar-refractivity contribution in [1.82, 2.24) is 9.97 Å². The van der Waals surface area contributed by atoms with Crippen molar-refractivity contribution in [3.05, 3.63) is 41.6 Å². The van der Waals surface area contributed by atoms with E-state index in [0.717, 1.165) is 16.8 Å². The van der Waals surface area contributed by atoms with Crippen molar-refractivity contribution in [2.24, 2.45) is 5.73 Å². The predicted octanol–water partition coefficient (Wildman–Crippen LogP) is 3.98. The summed E-state index contributed by atoms with van der Waals surface area (Å²) in [5.41, 5.74) is 16.8. The van der Waals surface area contributed by atoms with Crippen LogP contribution in [-0.4, -0.2) is 9.97 Å². The number of anilines is 1. The second-order valence-corrected chi connectivity index (χ2v) is 36.6. The van der Waals surface area contributed by atoms with Crippen molar-refractivity contribution in [2.45, 2.75) is 54.2 Å². The Kier molecular flexibility index (Phi) is 0.503. The quantitative estimate of drug-likeness (QED) is 0.785. The van der Waals surface area contributed by atoms with Crippen molar-refractivity contribution in [3.8, 4) is 11.3 Å². The number of nitrogen functional groups attached to an aromatic ring is 1. The SMILES string of the molecule is NCc1ccc(-c2cc([C]34[CH]5[CH]6[CH]7[CH]3[Fe]6754389%10[CH]4[CH]3[CH]8[CH]9[CH]4%10)nc(N)n2)cc1. The van der Waals surface area contributed by atoms with Crippen LogP contribution in [0.15, 0.2) is 30.3 Å². The zero-order chi connectivity index (χ0) is 16.6. The Balaban J connectivity index is 1.18. The molecular formula is C21H20FeN4. The fourth-order valence-electron chi connectivity index (χ4n) is 18.5. The third kappa shape index (κ3) is 0.174. The number of rotatable bonds is 3. The Hall–Kier alpha value is -1.42. The van der Waals surface area contributed by atoms with Gasteiger partial charge in [-0.05, 0) is 0 Å². The third-order valence-corrected chi connectivity index (χ3v) is 59.6. The van der Waals surface area contributed by atoms with Gasteiger partial charge < -0.3 is 0 Å². The minimum atomic E-state index is -3.20. The van der Waals surface area contributed by atoms with Gasteiger partial charge in [0.15, 0.2) is 0 Å². The van der Waals surface area contributed by atoms with Crippen molar-refractivity contribution in [3.63, 3.8) is 0 Å². The van der Waals surface area contributed by atoms with E-state index in [1.54, 1.807) is 0 Å². The molecule has 4 unspecified atom stereocenters. The van der Waals surface area contributed by atoms with Crippen LogP contribution in [0.5, 0.6) is 0 Å². The average Bonchev–Trinajstić information content (AvgIpc) is 3.60. The van der Waals surface area contributed by atoms with Crippen LogP contribution in [0.4, 0.5) is 5.95 Å². The summed E-state index contributed by atoms with van der Waals surface area (Å²) in [6.45, 7) is -2.62. The summed E-state index contributed by atoms with van der Waals surface area (Å²) in [6.07, 6.45) is 0. The van der Waals surface area contributed by atoms with Gasteiger partial charge >= 0.3 is 141 Å². The first kappa shape index (κ1) is 10.8. The molecule has 2 aromatic rings. The Morgan fingerprint density at radius 3 is 1.96 bits per heavy atom. The summed E-state index contributed by atoms with van der Waals surface area (Å²) in [5, 5.41) is 0. The Labute approximate surface area is 141 Å². The van der Waals surface area contributed by atoms with Crippen molar-refractivity contribution < 1.29 is 6.51 Å². The maximum absolute atomic E-state index is 6.27. The van der Waals surface area contributed by atoms with E-state index >= 15 is 0 Å². The molecule has 10 fully saturated rings. The number of fused-ring (bicyclic) bond motifs is 10. The topological polar surface area (TPSA) is 77.8 Å². The first-order chi connectivity index (χ1) is 12.4. The first-order valence-corrected chi connectivity index (χ1v) is 16.4. The molecule has 4 N–H and O–H groups in total. The van der Waals surface area contributed by atoms with E-state index in [2.05, 4.69) is 35.3 Å². The van der Waals surface area contributed by atoms with Gasteiger partial charge in [0.05, 0.1) is 0 Å². The van der Waals surface area contributed by atoms with E-state index in [-0.39, 0.29) is 0 Å². The Bertz CT molecular complexity index is 1480. The molecule has 10 aliphatic heterocycles. The molecule has 11 heterocycles. The molecule has 132 valence electrons. The number of nitrogens with two attached hydrogens (primary N) is 2. The van der Waals surface area contributed by atoms with Gasteiger partial charge in [0.1, 0.15) is 0 Å². The van der Waals surface area contributed by atoms with Crippen molar-refractivity contribution in [2.75, 3.05) is 5.73 Å². The maximum atomic E-state index is 6.27. The van der Waals surface area contributed by atoms with Crippen LogP contribution in [0.2, 0.25) is 43.3 Å². The number of aromatic nitrogens is 2. The number of hydrogen-bond acceptors (Lipinski definition) is 4. The molecule has 1 aromatic heterocycles. The summed E-state index contributed by atoms with van der Waals surface area (Å²) >= 11 is 0. The molecule has 1 aromatic carbocycles. The summed E-state index contributed by atoms with van der Waals surface area (Å²) < 4.78 is 0.641. The van der Waals surface area contributed by atoms with Gasteiger partial charge in [0, 0.05) is 0 Å². The zero-order valence-corrected chi connectivity index (χ0v) is 15.3. The molecule has 0 amide bonds. The van der Waals surface area contributed by atoms with E-state index in [1.165, 1.54) is 49.0 Å². The van der Waals surface area contributed by atoms with E-state index in [4.69, 9.17) is 16.5 Å². The average molecular weight is 384 g/mol. The standard InChI is InChI=1S/C16H15N4.C5H5.Fe/c17-10-11-5-7-13(8-6-11)15-9-14(19-16(18)20-15)12-3-1-2-4-12;1-2-4-5-3-1;/h1-9H,10,17H2,(H2,18,19,20);1-5H;. The Morgan fingerprint density at radius 1 is 0.885 bits per heavy atom. The third-order valence-electron chi connectivity index (χ3n) is 17.3. The molecule has 5 heteroatoms. The summed E-state index contributed by atoms with van der Waals surface area (Å²) in [4.78, 5) is 21.2. The van der Waals surface area contributed by atoms with Gasteiger partial charge in [0.25, 0.3) is 0 Å². The number of benzene rings is 1. The molecule has 4 atom stereocenters. The molecule has 0 aliphatic carbocycles. The molecule has 1 spiro atoms. The van der Waals surface area contributed by atoms with Crippen molar-refractivity contribution in [1.29, 1.82) is 0 Å². The molecule has 26 heavy (non-hydrogen) atoms. The predicted molar refractivity (Wildman–Crippen MR) is 95.2 cm³/mol. The van der Waals surface area contributed by atoms with Gasteiger partial charge in [-0.15, -0.1) is 0 Å². The van der Waals surface area contributed by atoms with Crippen LogP contribution >= 0.6 is 0 Å². The molecule has 4 nitrogen and oxygen atoms in total. The van der Waals surface area contributed by atoms with E-state index in [0.29, 0.717) is 16.8 Å². The fraction of sp³-hybridized carbons (Fsp3) is 0.524. The molecule has 0 radical (unpaired) electrons. The molecule has 10 aliphatic rings. The molecular weight excluding hydrogens is 364 g/mol. The first-order valence-electron chi connectivity index (χ1n) is 10.1. The van der Waals surface area contributed by atoms with Crippen LogP contribution in [0.3, 0.4) is 0 Å². The molecule has 12 rings (SSSR count). The van der Waals surface area contributed by atoms with E-state index < -0.39 is 6.51 Å². The number of nitrogens with zero attached hydrogens (tertiary/aromatic N) is 2. The summed E-state index contributed by atoms with van der Waals surface area (Å²) in [7, 11) is 0. The van der Waals surface area contributed by atoms with Gasteiger partial charge in [-0.25, -0.2) is 0 Å². The zero-order valence-electron chi connectivity index (χ0n) is 14.2. The van der Waals surface area contributed by atoms with Gasteiger partial charge in [-0.2, -0.15) is 0 Å². The summed E-state index contributed by atoms with van der Waals surface area (Å²) in [6, 6.07) is 10.9. The minimum absolute atomic E-state index is 0.497. The second-order valence-electron chi connectivity index (χ2n) is 13.1. The van der Waals surface area contributed by atoms with Gasteiger partial charge in [0.2, 0.25) is 0 Å². The van der Waals surface area contributed by atoms with Crippen LogP contribution in [0.1, 0.15) is 11.3 Å². The van der Waals surface area contributed by atoms with Crippen molar-refractivity contribution >= 4 is 5.95 Å². The van der Waals surface area contributed by atoms with Crippen LogP contribution in [0, 0.1) is 0 Å². The monoisotopic (exact) mass is 384 g/mol. The van der Waals surface area contributed by atoms with E-state index in [1.807, 2.05) is 0 Å².